The second-order valence-electron chi connectivity index (χ2n) is 9.45. The minimum atomic E-state index is 0. The molecule has 1 aromatic carbocycles. The van der Waals surface area contributed by atoms with Gasteiger partial charge in [0.25, 0.3) is 0 Å². The summed E-state index contributed by atoms with van der Waals surface area (Å²) in [5.41, 5.74) is 1.27. The summed E-state index contributed by atoms with van der Waals surface area (Å²) in [5.74, 6) is 0. The summed E-state index contributed by atoms with van der Waals surface area (Å²) in [6.07, 6.45) is 17.3. The molecule has 1 unspecified atom stereocenters. The van der Waals surface area contributed by atoms with Crippen molar-refractivity contribution < 1.29 is 17.1 Å². The molecular weight excluding hydrogens is 626 g/mol. The van der Waals surface area contributed by atoms with Gasteiger partial charge in [-0.2, -0.15) is 0 Å². The van der Waals surface area contributed by atoms with Crippen molar-refractivity contribution in [2.45, 2.75) is 96.4 Å². The Hall–Kier alpha value is -0.411. The van der Waals surface area contributed by atoms with Crippen LogP contribution in [0.15, 0.2) is 52.3 Å². The zero-order valence-corrected chi connectivity index (χ0v) is 29.1. The first kappa shape index (κ1) is 38.6. The average Bonchev–Trinajstić information content (AvgIpc) is 2.92. The number of hydrogen-bond acceptors (Lipinski definition) is 6. The summed E-state index contributed by atoms with van der Waals surface area (Å²) in [4.78, 5) is 7.05. The van der Waals surface area contributed by atoms with Gasteiger partial charge in [-0.25, -0.2) is 0 Å². The van der Waals surface area contributed by atoms with E-state index in [0.29, 0.717) is 14.7 Å². The molecule has 1 radical (unpaired) electrons. The maximum absolute atomic E-state index is 4.98. The molecule has 39 heavy (non-hydrogen) atoms. The van der Waals surface area contributed by atoms with Gasteiger partial charge in [0.1, 0.15) is 0 Å². The van der Waals surface area contributed by atoms with Crippen LogP contribution >= 0.6 is 36.2 Å². The molecule has 3 rings (SSSR count). The van der Waals surface area contributed by atoms with Gasteiger partial charge >= 0.3 is 17.1 Å². The van der Waals surface area contributed by atoms with Crippen molar-refractivity contribution >= 4 is 75.8 Å². The molecule has 223 valence electrons. The molecule has 0 fully saturated rings. The van der Waals surface area contributed by atoms with Gasteiger partial charge in [0.15, 0.2) is 0 Å². The van der Waals surface area contributed by atoms with Crippen molar-refractivity contribution in [2.75, 3.05) is 31.5 Å². The molecule has 1 heterocycles. The smallest absolute Gasteiger partial charge is 0.411 e. The Bertz CT molecular complexity index is 832. The minimum absolute atomic E-state index is 0. The number of fused-ring (bicyclic) bond motifs is 2. The molecular formula is C30H47CuN3S5. The molecule has 3 nitrogen and oxygen atoms in total. The van der Waals surface area contributed by atoms with Crippen molar-refractivity contribution in [3.63, 3.8) is 0 Å². The molecule has 9 heteroatoms. The first-order valence-electron chi connectivity index (χ1n) is 14.2. The number of anilines is 1. The number of allylic oxidation sites excluding steroid dienone is 2. The Labute approximate surface area is 276 Å². The Morgan fingerprint density at radius 2 is 1.31 bits per heavy atom. The van der Waals surface area contributed by atoms with Gasteiger partial charge in [-0.3, -0.25) is 0 Å². The number of para-hydroxylation sites is 1. The Morgan fingerprint density at radius 3 is 1.74 bits per heavy atom. The van der Waals surface area contributed by atoms with Crippen LogP contribution in [0.3, 0.4) is 0 Å². The molecule has 0 amide bonds. The predicted molar refractivity (Wildman–Crippen MR) is 184 cm³/mol. The fourth-order valence-electron chi connectivity index (χ4n) is 3.82. The summed E-state index contributed by atoms with van der Waals surface area (Å²) >= 11 is 21.8. The van der Waals surface area contributed by atoms with Crippen LogP contribution in [0.4, 0.5) is 5.69 Å². The number of thiocarbonyl (C=S) groups is 2. The number of nitrogens with one attached hydrogen (secondary N) is 1. The third-order valence-electron chi connectivity index (χ3n) is 6.20. The largest absolute Gasteiger partial charge is 2.00 e. The Morgan fingerprint density at radius 1 is 0.846 bits per heavy atom. The molecule has 1 atom stereocenters. The SMILES string of the molecule is C1=CCC2Nc3ccccc3SC2=C1.CCCCN(CCCC)C(=S)[S-].CCCCN(CCCC)C(=S)[S-].[Cu+2]. The molecule has 1 N–H and O–H groups in total. The minimum Gasteiger partial charge on any atom is -0.411 e. The molecule has 1 aliphatic carbocycles. The Balaban J connectivity index is 0.000000553. The van der Waals surface area contributed by atoms with E-state index in [1.807, 2.05) is 11.8 Å². The average molecular weight is 674 g/mol. The van der Waals surface area contributed by atoms with E-state index in [1.54, 1.807) is 0 Å². The van der Waals surface area contributed by atoms with Crippen LogP contribution in [0.25, 0.3) is 0 Å². The zero-order valence-electron chi connectivity index (χ0n) is 24.0. The van der Waals surface area contributed by atoms with E-state index in [0.717, 1.165) is 32.6 Å². The Kier molecular flexibility index (Phi) is 24.0. The predicted octanol–water partition coefficient (Wildman–Crippen LogP) is 8.85. The van der Waals surface area contributed by atoms with E-state index in [9.17, 15) is 0 Å². The summed E-state index contributed by atoms with van der Waals surface area (Å²) in [6.45, 7) is 12.9. The van der Waals surface area contributed by atoms with Gasteiger partial charge in [0.05, 0.1) is 6.04 Å². The van der Waals surface area contributed by atoms with Crippen LogP contribution in [0.5, 0.6) is 0 Å². The van der Waals surface area contributed by atoms with Crippen molar-refractivity contribution in [2.24, 2.45) is 0 Å². The first-order chi connectivity index (χ1) is 18.4. The fraction of sp³-hybridized carbons (Fsp3) is 0.600. The molecule has 1 aliphatic heterocycles. The van der Waals surface area contributed by atoms with Gasteiger partial charge < -0.3 is 64.8 Å². The van der Waals surface area contributed by atoms with Crippen LogP contribution in [0.1, 0.15) is 85.5 Å². The van der Waals surface area contributed by atoms with Crippen molar-refractivity contribution in [3.05, 3.63) is 47.4 Å². The van der Waals surface area contributed by atoms with Crippen LogP contribution in [-0.2, 0) is 42.3 Å². The van der Waals surface area contributed by atoms with E-state index < -0.39 is 0 Å². The van der Waals surface area contributed by atoms with Crippen molar-refractivity contribution in [3.8, 4) is 0 Å². The molecule has 0 spiro atoms. The molecule has 0 saturated heterocycles. The summed E-state index contributed by atoms with van der Waals surface area (Å²) in [5, 5.41) is 3.56. The number of thioether (sulfide) groups is 1. The molecule has 0 saturated carbocycles. The zero-order chi connectivity index (χ0) is 28.2. The van der Waals surface area contributed by atoms with Crippen molar-refractivity contribution in [1.82, 2.24) is 9.80 Å². The van der Waals surface area contributed by atoms with Crippen LogP contribution in [0.2, 0.25) is 0 Å². The quantitative estimate of drug-likeness (QED) is 0.133. The topological polar surface area (TPSA) is 18.5 Å². The fourth-order valence-corrected chi connectivity index (χ4v) is 5.63. The molecule has 0 aromatic heterocycles. The van der Waals surface area contributed by atoms with Gasteiger partial charge in [0.2, 0.25) is 0 Å². The van der Waals surface area contributed by atoms with Gasteiger partial charge in [-0.05, 0) is 44.2 Å². The standard InChI is InChI=1S/C12H11NS.2C9H19NS2.Cu/c1-3-7-11-9(5-1)13-10-6-2-4-8-12(10)14-11;2*1-3-5-7-10(9(11)12)8-6-4-2;/h1-5,7-8,10,13H,6H2;2*3-8H2,1-2H3,(H,11,12);/q;;;+2/p-2. The number of benzene rings is 1. The second kappa shape index (κ2) is 24.2. The van der Waals surface area contributed by atoms with Crippen LogP contribution in [-0.4, -0.2) is 50.7 Å². The maximum Gasteiger partial charge on any atom is 2.00 e. The number of unbranched alkanes of at least 4 members (excludes halogenated alkanes) is 4. The molecule has 2 aliphatic rings. The monoisotopic (exact) mass is 672 g/mol. The number of hydrogen-bond donors (Lipinski definition) is 1. The normalized spacial score (nSPS) is 14.4. The van der Waals surface area contributed by atoms with E-state index in [4.69, 9.17) is 49.7 Å². The number of rotatable bonds is 12. The van der Waals surface area contributed by atoms with E-state index in [1.165, 1.54) is 66.9 Å². The molecule has 1 aromatic rings. The number of nitrogens with zero attached hydrogens (tertiary/aromatic N) is 2. The van der Waals surface area contributed by atoms with Gasteiger partial charge in [-0.15, -0.1) is 0 Å². The van der Waals surface area contributed by atoms with Gasteiger partial charge in [-0.1, -0.05) is 104 Å². The van der Waals surface area contributed by atoms with Crippen LogP contribution in [0, 0.1) is 0 Å². The van der Waals surface area contributed by atoms with Crippen molar-refractivity contribution in [1.29, 1.82) is 0 Å². The summed E-state index contributed by atoms with van der Waals surface area (Å²) in [6, 6.07) is 8.99. The summed E-state index contributed by atoms with van der Waals surface area (Å²) < 4.78 is 1.27. The maximum atomic E-state index is 4.98. The van der Waals surface area contributed by atoms with Crippen LogP contribution < -0.4 is 5.32 Å². The third-order valence-corrected chi connectivity index (χ3v) is 8.46. The van der Waals surface area contributed by atoms with E-state index in [2.05, 4.69) is 85.3 Å². The summed E-state index contributed by atoms with van der Waals surface area (Å²) in [7, 11) is 0. The van der Waals surface area contributed by atoms with E-state index in [-0.39, 0.29) is 17.1 Å². The van der Waals surface area contributed by atoms with Gasteiger partial charge in [0, 0.05) is 41.7 Å². The third kappa shape index (κ3) is 16.6. The molecule has 0 bridgehead atoms. The van der Waals surface area contributed by atoms with E-state index >= 15 is 0 Å². The second-order valence-corrected chi connectivity index (χ2v) is 12.6. The first-order valence-corrected chi connectivity index (χ1v) is 16.6.